The number of imidazole rings is 1. The molecule has 0 spiro atoms. The highest BCUT2D eigenvalue weighted by Gasteiger charge is 2.39. The van der Waals surface area contributed by atoms with Gasteiger partial charge in [0, 0.05) is 18.2 Å². The summed E-state index contributed by atoms with van der Waals surface area (Å²) in [5.41, 5.74) is 3.57. The largest absolute Gasteiger partial charge is 0.496 e. The number of benzene rings is 2. The van der Waals surface area contributed by atoms with Gasteiger partial charge in [0.05, 0.1) is 42.4 Å². The number of aromatic nitrogens is 2. The van der Waals surface area contributed by atoms with Crippen molar-refractivity contribution in [1.29, 1.82) is 5.26 Å². The van der Waals surface area contributed by atoms with E-state index in [0.717, 1.165) is 54.4 Å². The second-order valence-electron chi connectivity index (χ2n) is 8.34. The summed E-state index contributed by atoms with van der Waals surface area (Å²) >= 11 is 0. The average molecular weight is 416 g/mol. The zero-order valence-corrected chi connectivity index (χ0v) is 17.6. The summed E-state index contributed by atoms with van der Waals surface area (Å²) in [7, 11) is 3.09. The van der Waals surface area contributed by atoms with E-state index in [1.54, 1.807) is 20.5 Å². The van der Waals surface area contributed by atoms with Crippen molar-refractivity contribution in [3.63, 3.8) is 0 Å². The normalized spacial score (nSPS) is 16.9. The molecule has 158 valence electrons. The molecule has 0 aliphatic heterocycles. The minimum absolute atomic E-state index is 0.190. The predicted octanol–water partition coefficient (Wildman–Crippen LogP) is 3.88. The summed E-state index contributed by atoms with van der Waals surface area (Å²) in [6.45, 7) is 0. The lowest BCUT2D eigenvalue weighted by Gasteiger charge is -2.35. The number of nitrogens with one attached hydrogen (secondary N) is 1. The molecule has 7 nitrogen and oxygen atoms in total. The van der Waals surface area contributed by atoms with Crippen LogP contribution in [0.4, 0.5) is 0 Å². The molecular formula is C24H24N4O3. The SMILES string of the molecule is COc1cc(-n2cnc3cc(C4(C#N)CCC4)ccc32)cc(OC)c1C(=O)NC1CC1. The molecule has 1 amide bonds. The summed E-state index contributed by atoms with van der Waals surface area (Å²) in [6, 6.07) is 12.4. The molecule has 0 saturated heterocycles. The Morgan fingerprint density at radius 3 is 2.45 bits per heavy atom. The summed E-state index contributed by atoms with van der Waals surface area (Å²) in [6.07, 6.45) is 6.63. The summed E-state index contributed by atoms with van der Waals surface area (Å²) in [5.74, 6) is 0.706. The maximum Gasteiger partial charge on any atom is 0.259 e. The van der Waals surface area contributed by atoms with E-state index >= 15 is 0 Å². The first kappa shape index (κ1) is 19.4. The van der Waals surface area contributed by atoms with Crippen molar-refractivity contribution >= 4 is 16.9 Å². The van der Waals surface area contributed by atoms with Crippen molar-refractivity contribution in [1.82, 2.24) is 14.9 Å². The molecule has 2 aliphatic rings. The van der Waals surface area contributed by atoms with Gasteiger partial charge in [-0.3, -0.25) is 9.36 Å². The average Bonchev–Trinajstić information content (AvgIpc) is 3.47. The van der Waals surface area contributed by atoms with Crippen LogP contribution < -0.4 is 14.8 Å². The Labute approximate surface area is 180 Å². The molecule has 31 heavy (non-hydrogen) atoms. The Kier molecular flexibility index (Phi) is 4.58. The van der Waals surface area contributed by atoms with Crippen LogP contribution in [0.3, 0.4) is 0 Å². The fraction of sp³-hybridized carbons (Fsp3) is 0.375. The van der Waals surface area contributed by atoms with Crippen molar-refractivity contribution in [2.75, 3.05) is 14.2 Å². The lowest BCUT2D eigenvalue weighted by atomic mass is 9.65. The number of hydrogen-bond donors (Lipinski definition) is 1. The molecule has 2 aliphatic carbocycles. The van der Waals surface area contributed by atoms with E-state index in [1.807, 2.05) is 34.9 Å². The van der Waals surface area contributed by atoms with Crippen LogP contribution in [0.5, 0.6) is 11.5 Å². The van der Waals surface area contributed by atoms with Gasteiger partial charge in [-0.25, -0.2) is 4.98 Å². The maximum absolute atomic E-state index is 12.7. The molecular weight excluding hydrogens is 392 g/mol. The van der Waals surface area contributed by atoms with Gasteiger partial charge in [0.1, 0.15) is 23.4 Å². The fourth-order valence-electron chi connectivity index (χ4n) is 4.26. The Morgan fingerprint density at radius 2 is 1.90 bits per heavy atom. The number of nitrogens with zero attached hydrogens (tertiary/aromatic N) is 3. The molecule has 0 atom stereocenters. The van der Waals surface area contributed by atoms with Crippen LogP contribution in [-0.2, 0) is 5.41 Å². The van der Waals surface area contributed by atoms with E-state index in [2.05, 4.69) is 16.4 Å². The van der Waals surface area contributed by atoms with Gasteiger partial charge < -0.3 is 14.8 Å². The highest BCUT2D eigenvalue weighted by molar-refractivity contribution is 6.00. The fourth-order valence-corrected chi connectivity index (χ4v) is 4.26. The first-order valence-corrected chi connectivity index (χ1v) is 10.5. The van der Waals surface area contributed by atoms with Crippen LogP contribution in [0.2, 0.25) is 0 Å². The quantitative estimate of drug-likeness (QED) is 0.659. The number of carbonyl (C=O) groups excluding carboxylic acids is 1. The number of nitriles is 1. The van der Waals surface area contributed by atoms with Crippen LogP contribution >= 0.6 is 0 Å². The van der Waals surface area contributed by atoms with Crippen molar-refractivity contribution in [2.24, 2.45) is 0 Å². The van der Waals surface area contributed by atoms with E-state index in [1.165, 1.54) is 0 Å². The summed E-state index contributed by atoms with van der Waals surface area (Å²) < 4.78 is 13.0. The number of methoxy groups -OCH3 is 2. The second kappa shape index (κ2) is 7.31. The predicted molar refractivity (Wildman–Crippen MR) is 116 cm³/mol. The van der Waals surface area contributed by atoms with Crippen LogP contribution in [0, 0.1) is 11.3 Å². The molecule has 0 radical (unpaired) electrons. The third-order valence-corrected chi connectivity index (χ3v) is 6.43. The summed E-state index contributed by atoms with van der Waals surface area (Å²) in [4.78, 5) is 17.3. The molecule has 7 heteroatoms. The second-order valence-corrected chi connectivity index (χ2v) is 8.34. The number of hydrogen-bond acceptors (Lipinski definition) is 5. The third-order valence-electron chi connectivity index (χ3n) is 6.43. The van der Waals surface area contributed by atoms with Crippen molar-refractivity contribution in [3.05, 3.63) is 47.8 Å². The smallest absolute Gasteiger partial charge is 0.259 e. The Morgan fingerprint density at radius 1 is 1.19 bits per heavy atom. The first-order valence-electron chi connectivity index (χ1n) is 10.5. The highest BCUT2D eigenvalue weighted by Crippen LogP contribution is 2.44. The minimum atomic E-state index is -0.374. The van der Waals surface area contributed by atoms with E-state index in [4.69, 9.17) is 9.47 Å². The van der Waals surface area contributed by atoms with Gasteiger partial charge in [-0.1, -0.05) is 6.07 Å². The molecule has 3 aromatic rings. The zero-order valence-electron chi connectivity index (χ0n) is 17.6. The van der Waals surface area contributed by atoms with Crippen LogP contribution in [0.15, 0.2) is 36.7 Å². The minimum Gasteiger partial charge on any atom is -0.496 e. The monoisotopic (exact) mass is 416 g/mol. The van der Waals surface area contributed by atoms with E-state index < -0.39 is 0 Å². The molecule has 1 aromatic heterocycles. The van der Waals surface area contributed by atoms with Gasteiger partial charge in [0.2, 0.25) is 0 Å². The zero-order chi connectivity index (χ0) is 21.6. The van der Waals surface area contributed by atoms with Crippen LogP contribution in [0.25, 0.3) is 16.7 Å². The van der Waals surface area contributed by atoms with Crippen LogP contribution in [0.1, 0.15) is 48.0 Å². The third kappa shape index (κ3) is 3.19. The molecule has 1 N–H and O–H groups in total. The number of ether oxygens (including phenoxy) is 2. The number of fused-ring (bicyclic) bond motifs is 1. The van der Waals surface area contributed by atoms with Gasteiger partial charge in [-0.05, 0) is 49.8 Å². The molecule has 2 aromatic carbocycles. The van der Waals surface area contributed by atoms with Gasteiger partial charge in [0.15, 0.2) is 0 Å². The van der Waals surface area contributed by atoms with Crippen molar-refractivity contribution < 1.29 is 14.3 Å². The van der Waals surface area contributed by atoms with Gasteiger partial charge in [0.25, 0.3) is 5.91 Å². The first-order chi connectivity index (χ1) is 15.1. The topological polar surface area (TPSA) is 89.2 Å². The molecule has 0 unspecified atom stereocenters. The lowest BCUT2D eigenvalue weighted by molar-refractivity contribution is 0.0945. The van der Waals surface area contributed by atoms with Gasteiger partial charge in [-0.15, -0.1) is 0 Å². The number of carbonyl (C=O) groups is 1. The van der Waals surface area contributed by atoms with Crippen molar-refractivity contribution in [3.8, 4) is 23.3 Å². The van der Waals surface area contributed by atoms with E-state index in [-0.39, 0.29) is 17.4 Å². The lowest BCUT2D eigenvalue weighted by Crippen LogP contribution is -2.32. The number of rotatable bonds is 6. The van der Waals surface area contributed by atoms with Crippen LogP contribution in [-0.4, -0.2) is 35.7 Å². The maximum atomic E-state index is 12.7. The van der Waals surface area contributed by atoms with Gasteiger partial charge >= 0.3 is 0 Å². The van der Waals surface area contributed by atoms with Crippen molar-refractivity contribution in [2.45, 2.75) is 43.6 Å². The Bertz CT molecular complexity index is 1190. The Hall–Kier alpha value is -3.53. The molecule has 0 bridgehead atoms. The molecule has 2 fully saturated rings. The molecule has 5 rings (SSSR count). The highest BCUT2D eigenvalue weighted by atomic mass is 16.5. The molecule has 2 saturated carbocycles. The Balaban J connectivity index is 1.56. The standard InChI is InChI=1S/C24H24N4O3/c1-30-20-11-17(12-21(31-2)22(20)23(29)27-16-5-6-16)28-14-26-18-10-15(4-7-19(18)28)24(13-25)8-3-9-24/h4,7,10-12,14,16H,3,5-6,8-9H2,1-2H3,(H,27,29). The summed E-state index contributed by atoms with van der Waals surface area (Å²) in [5, 5.41) is 12.6. The van der Waals surface area contributed by atoms with E-state index in [9.17, 15) is 10.1 Å². The molecule has 1 heterocycles. The van der Waals surface area contributed by atoms with Gasteiger partial charge in [-0.2, -0.15) is 5.26 Å². The van der Waals surface area contributed by atoms with E-state index in [0.29, 0.717) is 17.1 Å². The number of amides is 1.